The number of allylic oxidation sites excluding steroid dienone is 1. The van der Waals surface area contributed by atoms with E-state index < -0.39 is 0 Å². The quantitative estimate of drug-likeness (QED) is 0.479. The normalized spacial score (nSPS) is 19.0. The van der Waals surface area contributed by atoms with Crippen LogP contribution in [-0.4, -0.2) is 24.4 Å². The molecule has 0 aromatic rings. The Morgan fingerprint density at radius 2 is 1.95 bits per heavy atom. The molecule has 0 spiro atoms. The average molecular weight is 308 g/mol. The minimum atomic E-state index is -0.0670. The Morgan fingerprint density at radius 3 is 2.73 bits per heavy atom. The Labute approximate surface area is 135 Å². The van der Waals surface area contributed by atoms with Crippen LogP contribution in [0.4, 0.5) is 0 Å². The second-order valence-electron chi connectivity index (χ2n) is 6.21. The van der Waals surface area contributed by atoms with Gasteiger partial charge in [0.1, 0.15) is 0 Å². The summed E-state index contributed by atoms with van der Waals surface area (Å²) in [5.41, 5.74) is 0. The predicted octanol–water partition coefficient (Wildman–Crippen LogP) is 3.47. The topological polar surface area (TPSA) is 58.2 Å². The summed E-state index contributed by atoms with van der Waals surface area (Å²) in [5.74, 6) is -0.0301. The number of nitrogens with one attached hydrogen (secondary N) is 2. The first-order valence-electron chi connectivity index (χ1n) is 8.96. The number of unbranched alkanes of at least 4 members (excludes halogenated alkanes) is 7. The summed E-state index contributed by atoms with van der Waals surface area (Å²) in [7, 11) is 0. The van der Waals surface area contributed by atoms with Crippen molar-refractivity contribution < 1.29 is 9.59 Å². The molecule has 1 rings (SSSR count). The van der Waals surface area contributed by atoms with E-state index in [1.807, 2.05) is 6.08 Å². The smallest absolute Gasteiger partial charge is 0.243 e. The van der Waals surface area contributed by atoms with E-state index in [9.17, 15) is 9.59 Å². The SMILES string of the molecule is CCCCCCCCCC=CC(=O)N[C@H]1CCCNC(=O)C1. The van der Waals surface area contributed by atoms with Gasteiger partial charge >= 0.3 is 0 Å². The highest BCUT2D eigenvalue weighted by Crippen LogP contribution is 2.09. The van der Waals surface area contributed by atoms with Crippen LogP contribution in [0.3, 0.4) is 0 Å². The number of hydrogen-bond donors (Lipinski definition) is 2. The van der Waals surface area contributed by atoms with Crippen molar-refractivity contribution in [3.05, 3.63) is 12.2 Å². The van der Waals surface area contributed by atoms with Crippen LogP contribution in [-0.2, 0) is 9.59 Å². The van der Waals surface area contributed by atoms with E-state index in [1.54, 1.807) is 6.08 Å². The van der Waals surface area contributed by atoms with E-state index >= 15 is 0 Å². The van der Waals surface area contributed by atoms with E-state index in [-0.39, 0.29) is 17.9 Å². The fraction of sp³-hybridized carbons (Fsp3) is 0.778. The molecule has 0 aromatic heterocycles. The highest BCUT2D eigenvalue weighted by atomic mass is 16.2. The van der Waals surface area contributed by atoms with Gasteiger partial charge in [0.2, 0.25) is 11.8 Å². The minimum absolute atomic E-state index is 0.0155. The molecular weight excluding hydrogens is 276 g/mol. The molecule has 1 aliphatic rings. The van der Waals surface area contributed by atoms with Gasteiger partial charge in [-0.15, -0.1) is 0 Å². The molecule has 2 N–H and O–H groups in total. The van der Waals surface area contributed by atoms with Crippen LogP contribution in [0.25, 0.3) is 0 Å². The van der Waals surface area contributed by atoms with Crippen LogP contribution in [0, 0.1) is 0 Å². The highest BCUT2D eigenvalue weighted by Gasteiger charge is 2.17. The Balaban J connectivity index is 2.05. The summed E-state index contributed by atoms with van der Waals surface area (Å²) >= 11 is 0. The third-order valence-electron chi connectivity index (χ3n) is 4.07. The van der Waals surface area contributed by atoms with Crippen LogP contribution in [0.2, 0.25) is 0 Å². The van der Waals surface area contributed by atoms with Gasteiger partial charge in [-0.3, -0.25) is 9.59 Å². The molecule has 4 heteroatoms. The summed E-state index contributed by atoms with van der Waals surface area (Å²) in [6.07, 6.45) is 15.8. The van der Waals surface area contributed by atoms with E-state index in [2.05, 4.69) is 17.6 Å². The molecular formula is C18H32N2O2. The van der Waals surface area contributed by atoms with Gasteiger partial charge in [0.15, 0.2) is 0 Å². The van der Waals surface area contributed by atoms with Crippen LogP contribution < -0.4 is 10.6 Å². The Morgan fingerprint density at radius 1 is 1.23 bits per heavy atom. The first-order chi connectivity index (χ1) is 10.7. The molecule has 4 nitrogen and oxygen atoms in total. The molecule has 1 aliphatic heterocycles. The van der Waals surface area contributed by atoms with Gasteiger partial charge in [-0.05, 0) is 31.8 Å². The van der Waals surface area contributed by atoms with Crippen LogP contribution in [0.1, 0.15) is 77.6 Å². The third-order valence-corrected chi connectivity index (χ3v) is 4.07. The van der Waals surface area contributed by atoms with Crippen molar-refractivity contribution in [2.45, 2.75) is 83.6 Å². The van der Waals surface area contributed by atoms with Gasteiger partial charge in [0.05, 0.1) is 0 Å². The number of carbonyl (C=O) groups excluding carboxylic acids is 2. The fourth-order valence-corrected chi connectivity index (χ4v) is 2.76. The summed E-state index contributed by atoms with van der Waals surface area (Å²) < 4.78 is 0. The van der Waals surface area contributed by atoms with Gasteiger partial charge < -0.3 is 10.6 Å². The molecule has 1 saturated heterocycles. The zero-order valence-electron chi connectivity index (χ0n) is 14.0. The van der Waals surface area contributed by atoms with Gasteiger partial charge in [-0.1, -0.05) is 51.5 Å². The maximum Gasteiger partial charge on any atom is 0.243 e. The molecule has 0 radical (unpaired) electrons. The molecule has 2 amide bonds. The van der Waals surface area contributed by atoms with Crippen molar-refractivity contribution >= 4 is 11.8 Å². The second-order valence-corrected chi connectivity index (χ2v) is 6.21. The lowest BCUT2D eigenvalue weighted by Gasteiger charge is -2.13. The van der Waals surface area contributed by atoms with Crippen molar-refractivity contribution in [1.82, 2.24) is 10.6 Å². The first kappa shape index (κ1) is 18.7. The molecule has 0 aliphatic carbocycles. The maximum atomic E-state index is 11.8. The van der Waals surface area contributed by atoms with Crippen molar-refractivity contribution in [2.75, 3.05) is 6.54 Å². The monoisotopic (exact) mass is 308 g/mol. The van der Waals surface area contributed by atoms with E-state index in [0.29, 0.717) is 6.42 Å². The zero-order valence-corrected chi connectivity index (χ0v) is 14.0. The minimum Gasteiger partial charge on any atom is -0.356 e. The van der Waals surface area contributed by atoms with Crippen molar-refractivity contribution in [1.29, 1.82) is 0 Å². The average Bonchev–Trinajstić information content (AvgIpc) is 2.69. The molecule has 126 valence electrons. The number of hydrogen-bond acceptors (Lipinski definition) is 2. The standard InChI is InChI=1S/C18H32N2O2/c1-2-3-4-5-6-7-8-9-10-13-17(21)20-16-12-11-14-19-18(22)15-16/h10,13,16H,2-9,11-12,14-15H2,1H3,(H,19,22)(H,20,21)/t16-/m0/s1. The van der Waals surface area contributed by atoms with E-state index in [1.165, 1.54) is 38.5 Å². The molecule has 0 saturated carbocycles. The molecule has 0 aromatic carbocycles. The van der Waals surface area contributed by atoms with Gasteiger partial charge in [0, 0.05) is 19.0 Å². The van der Waals surface area contributed by atoms with Gasteiger partial charge in [0.25, 0.3) is 0 Å². The third kappa shape index (κ3) is 9.59. The molecule has 1 fully saturated rings. The lowest BCUT2D eigenvalue weighted by Crippen LogP contribution is -2.35. The lowest BCUT2D eigenvalue weighted by molar-refractivity contribution is -0.121. The summed E-state index contributed by atoms with van der Waals surface area (Å²) in [6.45, 7) is 2.95. The summed E-state index contributed by atoms with van der Waals surface area (Å²) in [6, 6.07) is -0.0155. The molecule has 1 atom stereocenters. The number of rotatable bonds is 10. The van der Waals surface area contributed by atoms with Crippen LogP contribution in [0.15, 0.2) is 12.2 Å². The largest absolute Gasteiger partial charge is 0.356 e. The van der Waals surface area contributed by atoms with Crippen molar-refractivity contribution in [2.24, 2.45) is 0 Å². The Hall–Kier alpha value is -1.32. The lowest BCUT2D eigenvalue weighted by atomic mass is 10.1. The van der Waals surface area contributed by atoms with Gasteiger partial charge in [-0.2, -0.15) is 0 Å². The summed E-state index contributed by atoms with van der Waals surface area (Å²) in [5, 5.41) is 5.75. The van der Waals surface area contributed by atoms with Crippen molar-refractivity contribution in [3.8, 4) is 0 Å². The number of amides is 2. The maximum absolute atomic E-state index is 11.8. The Kier molecular flexibility index (Phi) is 10.4. The van der Waals surface area contributed by atoms with E-state index in [4.69, 9.17) is 0 Å². The highest BCUT2D eigenvalue weighted by molar-refractivity contribution is 5.88. The summed E-state index contributed by atoms with van der Waals surface area (Å²) in [4.78, 5) is 23.2. The van der Waals surface area contributed by atoms with Crippen LogP contribution >= 0.6 is 0 Å². The molecule has 0 unspecified atom stereocenters. The predicted molar refractivity (Wildman–Crippen MR) is 90.5 cm³/mol. The number of carbonyl (C=O) groups is 2. The molecule has 1 heterocycles. The fourth-order valence-electron chi connectivity index (χ4n) is 2.76. The Bertz CT molecular complexity index is 353. The zero-order chi connectivity index (χ0) is 16.0. The first-order valence-corrected chi connectivity index (χ1v) is 8.96. The van der Waals surface area contributed by atoms with Gasteiger partial charge in [-0.25, -0.2) is 0 Å². The van der Waals surface area contributed by atoms with E-state index in [0.717, 1.165) is 32.2 Å². The molecule has 0 bridgehead atoms. The molecule has 22 heavy (non-hydrogen) atoms. The second kappa shape index (κ2) is 12.2. The van der Waals surface area contributed by atoms with Crippen molar-refractivity contribution in [3.63, 3.8) is 0 Å². The van der Waals surface area contributed by atoms with Crippen LogP contribution in [0.5, 0.6) is 0 Å².